The molecule has 0 amide bonds. The molecular formula is C14H11F2N5O2. The lowest BCUT2D eigenvalue weighted by atomic mass is 10.2. The van der Waals surface area contributed by atoms with Crippen LogP contribution < -0.4 is 5.56 Å². The van der Waals surface area contributed by atoms with Crippen LogP contribution in [-0.4, -0.2) is 24.7 Å². The number of nitrogens with zero attached hydrogens (tertiary/aromatic N) is 5. The Kier molecular flexibility index (Phi) is 3.92. The van der Waals surface area contributed by atoms with Crippen LogP contribution >= 0.6 is 0 Å². The van der Waals surface area contributed by atoms with Crippen molar-refractivity contribution in [1.82, 2.24) is 24.7 Å². The molecule has 9 heteroatoms. The summed E-state index contributed by atoms with van der Waals surface area (Å²) in [5.74, 6) is -0.768. The van der Waals surface area contributed by atoms with E-state index in [1.54, 1.807) is 19.1 Å². The number of halogens is 2. The first-order chi connectivity index (χ1) is 11.0. The molecule has 0 saturated carbocycles. The van der Waals surface area contributed by atoms with Crippen LogP contribution in [0, 0.1) is 6.92 Å². The highest BCUT2D eigenvalue weighted by Gasteiger charge is 2.17. The molecule has 0 aliphatic heterocycles. The predicted molar refractivity (Wildman–Crippen MR) is 74.8 cm³/mol. The molecule has 3 aromatic rings. The third kappa shape index (κ3) is 3.12. The summed E-state index contributed by atoms with van der Waals surface area (Å²) in [6, 6.07) is 3.26. The molecule has 7 nitrogen and oxygen atoms in total. The quantitative estimate of drug-likeness (QED) is 0.731. The van der Waals surface area contributed by atoms with Crippen LogP contribution in [0.25, 0.3) is 11.5 Å². The first kappa shape index (κ1) is 14.9. The largest absolute Gasteiger partial charge is 0.415 e. The van der Waals surface area contributed by atoms with Crippen molar-refractivity contribution in [3.05, 3.63) is 58.4 Å². The fourth-order valence-corrected chi connectivity index (χ4v) is 1.93. The number of pyridine rings is 1. The summed E-state index contributed by atoms with van der Waals surface area (Å²) >= 11 is 0. The van der Waals surface area contributed by atoms with Crippen molar-refractivity contribution in [1.29, 1.82) is 0 Å². The van der Waals surface area contributed by atoms with Crippen LogP contribution in [0.15, 0.2) is 40.1 Å². The number of hydrogen-bond acceptors (Lipinski definition) is 6. The van der Waals surface area contributed by atoms with Crippen LogP contribution in [0.3, 0.4) is 0 Å². The van der Waals surface area contributed by atoms with Crippen LogP contribution in [0.1, 0.15) is 23.6 Å². The average molecular weight is 319 g/mol. The van der Waals surface area contributed by atoms with E-state index in [4.69, 9.17) is 4.42 Å². The molecule has 0 aromatic carbocycles. The topological polar surface area (TPSA) is 86.7 Å². The molecule has 0 fully saturated rings. The zero-order valence-electron chi connectivity index (χ0n) is 12.0. The molecule has 0 N–H and O–H groups in total. The second-order valence-electron chi connectivity index (χ2n) is 4.79. The lowest BCUT2D eigenvalue weighted by Gasteiger charge is -2.05. The van der Waals surface area contributed by atoms with Gasteiger partial charge < -0.3 is 4.42 Å². The van der Waals surface area contributed by atoms with E-state index < -0.39 is 12.3 Å². The van der Waals surface area contributed by atoms with E-state index in [2.05, 4.69) is 20.2 Å². The Hall–Kier alpha value is -2.97. The third-order valence-corrected chi connectivity index (χ3v) is 3.10. The van der Waals surface area contributed by atoms with E-state index >= 15 is 0 Å². The maximum Gasteiger partial charge on any atom is 0.314 e. The molecule has 0 bridgehead atoms. The molecule has 0 aliphatic rings. The minimum Gasteiger partial charge on any atom is -0.415 e. The van der Waals surface area contributed by atoms with Gasteiger partial charge in [0.2, 0.25) is 5.89 Å². The first-order valence-electron chi connectivity index (χ1n) is 6.62. The highest BCUT2D eigenvalue weighted by Crippen LogP contribution is 2.22. The van der Waals surface area contributed by atoms with Crippen LogP contribution in [-0.2, 0) is 6.54 Å². The summed E-state index contributed by atoms with van der Waals surface area (Å²) in [5.41, 5.74) is 1.42. The smallest absolute Gasteiger partial charge is 0.314 e. The van der Waals surface area contributed by atoms with Gasteiger partial charge in [-0.05, 0) is 19.1 Å². The number of rotatable bonds is 4. The molecule has 0 atom stereocenters. The zero-order chi connectivity index (χ0) is 16.4. The van der Waals surface area contributed by atoms with Gasteiger partial charge in [-0.25, -0.2) is 4.98 Å². The second kappa shape index (κ2) is 6.03. The van der Waals surface area contributed by atoms with Crippen LogP contribution in [0.2, 0.25) is 0 Å². The summed E-state index contributed by atoms with van der Waals surface area (Å²) in [5, 5.41) is 6.80. The van der Waals surface area contributed by atoms with E-state index in [0.29, 0.717) is 16.8 Å². The average Bonchev–Trinajstić information content (AvgIpc) is 3.03. The van der Waals surface area contributed by atoms with Gasteiger partial charge in [0.15, 0.2) is 0 Å². The molecule has 3 aromatic heterocycles. The van der Waals surface area contributed by atoms with E-state index in [0.717, 1.165) is 0 Å². The molecule has 23 heavy (non-hydrogen) atoms. The van der Waals surface area contributed by atoms with Gasteiger partial charge >= 0.3 is 6.43 Å². The summed E-state index contributed by atoms with van der Waals surface area (Å²) in [6.07, 6.45) is 1.53. The van der Waals surface area contributed by atoms with Crippen molar-refractivity contribution in [3.63, 3.8) is 0 Å². The maximum atomic E-state index is 12.4. The van der Waals surface area contributed by atoms with E-state index in [1.165, 1.54) is 23.3 Å². The normalized spacial score (nSPS) is 11.1. The van der Waals surface area contributed by atoms with E-state index in [1.807, 2.05) is 0 Å². The standard InChI is InChI=1S/C14H11F2N5O2/c1-8-4-17-7-21(14(8)22)6-10-3-2-9(5-18-10)12-19-20-13(23-12)11(15)16/h2-5,7,11H,6H2,1H3. The van der Waals surface area contributed by atoms with Gasteiger partial charge in [-0.3, -0.25) is 14.3 Å². The summed E-state index contributed by atoms with van der Waals surface area (Å²) in [6.45, 7) is 1.93. The Labute approximate surface area is 128 Å². The Morgan fingerprint density at radius 1 is 1.26 bits per heavy atom. The molecule has 0 spiro atoms. The fourth-order valence-electron chi connectivity index (χ4n) is 1.93. The Morgan fingerprint density at radius 2 is 2.09 bits per heavy atom. The maximum absolute atomic E-state index is 12.4. The molecule has 0 aliphatic carbocycles. The monoisotopic (exact) mass is 319 g/mol. The second-order valence-corrected chi connectivity index (χ2v) is 4.79. The lowest BCUT2D eigenvalue weighted by molar-refractivity contribution is 0.116. The van der Waals surface area contributed by atoms with Crippen molar-refractivity contribution in [2.24, 2.45) is 0 Å². The molecule has 118 valence electrons. The molecule has 0 unspecified atom stereocenters. The summed E-state index contributed by atoms with van der Waals surface area (Å²) < 4.78 is 31.1. The Balaban J connectivity index is 1.81. The van der Waals surface area contributed by atoms with E-state index in [9.17, 15) is 13.6 Å². The van der Waals surface area contributed by atoms with Crippen molar-refractivity contribution in [2.45, 2.75) is 19.9 Å². The molecule has 3 rings (SSSR count). The zero-order valence-corrected chi connectivity index (χ0v) is 12.0. The van der Waals surface area contributed by atoms with Gasteiger partial charge in [0.25, 0.3) is 11.4 Å². The fraction of sp³-hybridized carbons (Fsp3) is 0.214. The van der Waals surface area contributed by atoms with Crippen molar-refractivity contribution in [3.8, 4) is 11.5 Å². The van der Waals surface area contributed by atoms with E-state index in [-0.39, 0.29) is 18.0 Å². The van der Waals surface area contributed by atoms with Gasteiger partial charge in [0, 0.05) is 18.0 Å². The van der Waals surface area contributed by atoms with Crippen molar-refractivity contribution >= 4 is 0 Å². The molecule has 0 radical (unpaired) electrons. The van der Waals surface area contributed by atoms with Gasteiger partial charge in [0.1, 0.15) is 0 Å². The van der Waals surface area contributed by atoms with Crippen molar-refractivity contribution < 1.29 is 13.2 Å². The number of aryl methyl sites for hydroxylation is 1. The van der Waals surface area contributed by atoms with Gasteiger partial charge in [-0.1, -0.05) is 0 Å². The van der Waals surface area contributed by atoms with Crippen LogP contribution in [0.5, 0.6) is 0 Å². The Bertz CT molecular complexity index is 873. The molecule has 3 heterocycles. The minimum absolute atomic E-state index is 0.0336. The number of aromatic nitrogens is 5. The summed E-state index contributed by atoms with van der Waals surface area (Å²) in [4.78, 5) is 20.0. The molecule has 0 saturated heterocycles. The van der Waals surface area contributed by atoms with Crippen LogP contribution in [0.4, 0.5) is 8.78 Å². The highest BCUT2D eigenvalue weighted by atomic mass is 19.3. The summed E-state index contributed by atoms with van der Waals surface area (Å²) in [7, 11) is 0. The Morgan fingerprint density at radius 3 is 2.74 bits per heavy atom. The minimum atomic E-state index is -2.82. The SMILES string of the molecule is Cc1cncn(Cc2ccc(-c3nnc(C(F)F)o3)cn2)c1=O. The van der Waals surface area contributed by atoms with Gasteiger partial charge in [0.05, 0.1) is 24.1 Å². The predicted octanol–water partition coefficient (Wildman–Crippen LogP) is 1.98. The van der Waals surface area contributed by atoms with Crippen molar-refractivity contribution in [2.75, 3.05) is 0 Å². The van der Waals surface area contributed by atoms with Gasteiger partial charge in [-0.2, -0.15) is 8.78 Å². The number of hydrogen-bond donors (Lipinski definition) is 0. The lowest BCUT2D eigenvalue weighted by Crippen LogP contribution is -2.23. The highest BCUT2D eigenvalue weighted by molar-refractivity contribution is 5.50. The first-order valence-corrected chi connectivity index (χ1v) is 6.62. The molecular weight excluding hydrogens is 308 g/mol. The third-order valence-electron chi connectivity index (χ3n) is 3.10. The van der Waals surface area contributed by atoms with Gasteiger partial charge in [-0.15, -0.1) is 10.2 Å². The number of alkyl halides is 2.